The predicted molar refractivity (Wildman–Crippen MR) is 171 cm³/mol. The molecule has 2 aliphatic heterocycles. The van der Waals surface area contributed by atoms with Crippen molar-refractivity contribution in [1.29, 1.82) is 0 Å². The Labute approximate surface area is 260 Å². The van der Waals surface area contributed by atoms with Gasteiger partial charge in [0.15, 0.2) is 0 Å². The van der Waals surface area contributed by atoms with E-state index >= 15 is 4.39 Å². The molecule has 44 heavy (non-hydrogen) atoms. The van der Waals surface area contributed by atoms with Gasteiger partial charge in [-0.25, -0.2) is 19.0 Å². The van der Waals surface area contributed by atoms with Gasteiger partial charge in [-0.1, -0.05) is 29.8 Å². The molecule has 228 valence electrons. The van der Waals surface area contributed by atoms with E-state index in [1.54, 1.807) is 39.2 Å². The molecule has 6 rings (SSSR count). The molecule has 4 amide bonds. The minimum Gasteiger partial charge on any atom is -0.322 e. The number of hydrogen-bond acceptors (Lipinski definition) is 6. The topological polar surface area (TPSA) is 88.1 Å². The number of fused-ring (bicyclic) bond motifs is 1. The van der Waals surface area contributed by atoms with Crippen LogP contribution in [0.4, 0.5) is 31.0 Å². The third-order valence-electron chi connectivity index (χ3n) is 8.18. The molecule has 1 N–H and O–H groups in total. The molecule has 2 saturated heterocycles. The molecule has 4 aromatic rings. The van der Waals surface area contributed by atoms with Crippen molar-refractivity contribution in [2.45, 2.75) is 0 Å². The number of nitrogens with one attached hydrogen (secondary N) is 1. The van der Waals surface area contributed by atoms with Gasteiger partial charge in [0.05, 0.1) is 34.5 Å². The van der Waals surface area contributed by atoms with Gasteiger partial charge in [-0.3, -0.25) is 9.88 Å². The highest BCUT2D eigenvalue weighted by Crippen LogP contribution is 2.39. The van der Waals surface area contributed by atoms with Crippen LogP contribution < -0.4 is 10.2 Å². The maximum atomic E-state index is 15.2. The SMILES string of the molecule is CN1CCN(C(=O)Nc2cnccc2N(C(=O)N2CCN(C)CC2)c2cc(-c3cc(Cl)ccc3F)nc3ccccc23)CC1. The molecule has 0 radical (unpaired) electrons. The van der Waals surface area contributed by atoms with E-state index in [9.17, 15) is 9.59 Å². The second kappa shape index (κ2) is 12.7. The van der Waals surface area contributed by atoms with Crippen molar-refractivity contribution in [2.24, 2.45) is 0 Å². The van der Waals surface area contributed by atoms with Crippen LogP contribution in [0.15, 0.2) is 67.0 Å². The number of nitrogens with zero attached hydrogens (tertiary/aromatic N) is 7. The van der Waals surface area contributed by atoms with Crippen molar-refractivity contribution in [2.75, 3.05) is 76.7 Å². The zero-order valence-corrected chi connectivity index (χ0v) is 25.5. The normalized spacial score (nSPS) is 16.3. The van der Waals surface area contributed by atoms with Crippen molar-refractivity contribution < 1.29 is 14.0 Å². The van der Waals surface area contributed by atoms with Crippen molar-refractivity contribution in [3.05, 3.63) is 77.8 Å². The fourth-order valence-electron chi connectivity index (χ4n) is 5.53. The molecule has 12 heteroatoms. The molecular formula is C32H34ClFN8O2. The fraction of sp³-hybridized carbons (Fsp3) is 0.312. The average molecular weight is 617 g/mol. The van der Waals surface area contributed by atoms with Crippen LogP contribution in [0.1, 0.15) is 0 Å². The van der Waals surface area contributed by atoms with Crippen molar-refractivity contribution >= 4 is 51.6 Å². The highest BCUT2D eigenvalue weighted by Gasteiger charge is 2.31. The van der Waals surface area contributed by atoms with Crippen LogP contribution in [0.2, 0.25) is 5.02 Å². The number of piperazine rings is 2. The maximum Gasteiger partial charge on any atom is 0.329 e. The largest absolute Gasteiger partial charge is 0.329 e. The number of halogens is 2. The zero-order chi connectivity index (χ0) is 30.8. The first-order valence-corrected chi connectivity index (χ1v) is 15.0. The first-order chi connectivity index (χ1) is 21.3. The Kier molecular flexibility index (Phi) is 8.60. The molecule has 0 atom stereocenters. The molecule has 0 aliphatic carbocycles. The van der Waals surface area contributed by atoms with Crippen molar-refractivity contribution in [3.63, 3.8) is 0 Å². The smallest absolute Gasteiger partial charge is 0.322 e. The summed E-state index contributed by atoms with van der Waals surface area (Å²) in [7, 11) is 4.05. The van der Waals surface area contributed by atoms with Crippen LogP contribution in [0, 0.1) is 5.82 Å². The minimum absolute atomic E-state index is 0.217. The molecule has 0 saturated carbocycles. The van der Waals surface area contributed by atoms with E-state index in [1.807, 2.05) is 38.4 Å². The van der Waals surface area contributed by atoms with E-state index in [0.717, 1.165) is 26.2 Å². The highest BCUT2D eigenvalue weighted by atomic mass is 35.5. The summed E-state index contributed by atoms with van der Waals surface area (Å²) in [6.07, 6.45) is 3.14. The number of urea groups is 2. The van der Waals surface area contributed by atoms with E-state index in [2.05, 4.69) is 20.1 Å². The van der Waals surface area contributed by atoms with Gasteiger partial charge >= 0.3 is 12.1 Å². The van der Waals surface area contributed by atoms with Gasteiger partial charge in [0.2, 0.25) is 0 Å². The standard InChI is InChI=1S/C32H34ClFN8O2/c1-38-11-15-40(16-12-38)31(43)37-28-21-35-10-9-29(28)42(32(44)41-17-13-39(2)14-18-41)30-20-27(24-19-22(33)7-8-25(24)34)36-26-6-4-3-5-23(26)30/h3-10,19-21H,11-18H2,1-2H3,(H,37,43). The lowest BCUT2D eigenvalue weighted by molar-refractivity contribution is 0.161. The lowest BCUT2D eigenvalue weighted by Gasteiger charge is -2.37. The quantitative estimate of drug-likeness (QED) is 0.332. The number of anilines is 3. The molecule has 10 nitrogen and oxygen atoms in total. The Bertz CT molecular complexity index is 1690. The number of benzene rings is 2. The number of rotatable bonds is 4. The van der Waals surface area contributed by atoms with Gasteiger partial charge in [-0.15, -0.1) is 0 Å². The Hall–Kier alpha value is -4.32. The van der Waals surface area contributed by atoms with Crippen LogP contribution in [0.25, 0.3) is 22.2 Å². The third-order valence-corrected chi connectivity index (χ3v) is 8.41. The first kappa shape index (κ1) is 29.7. The summed E-state index contributed by atoms with van der Waals surface area (Å²) in [4.78, 5) is 46.5. The van der Waals surface area contributed by atoms with E-state index in [-0.39, 0.29) is 17.6 Å². The summed E-state index contributed by atoms with van der Waals surface area (Å²) >= 11 is 6.26. The van der Waals surface area contributed by atoms with E-state index in [4.69, 9.17) is 16.6 Å². The molecule has 2 aliphatic rings. The van der Waals surface area contributed by atoms with Crippen LogP contribution in [0.5, 0.6) is 0 Å². The number of pyridine rings is 2. The number of aromatic nitrogens is 2. The average Bonchev–Trinajstić information content (AvgIpc) is 3.03. The molecule has 0 bridgehead atoms. The van der Waals surface area contributed by atoms with Gasteiger partial charge in [-0.2, -0.15) is 0 Å². The van der Waals surface area contributed by atoms with E-state index in [1.165, 1.54) is 18.2 Å². The summed E-state index contributed by atoms with van der Waals surface area (Å²) < 4.78 is 15.2. The number of carbonyl (C=O) groups is 2. The highest BCUT2D eigenvalue weighted by molar-refractivity contribution is 6.30. The van der Waals surface area contributed by atoms with Gasteiger partial charge in [0.25, 0.3) is 0 Å². The van der Waals surface area contributed by atoms with Gasteiger partial charge < -0.3 is 24.9 Å². The summed E-state index contributed by atoms with van der Waals surface area (Å²) in [6, 6.07) is 14.6. The summed E-state index contributed by atoms with van der Waals surface area (Å²) in [5.74, 6) is -0.482. The summed E-state index contributed by atoms with van der Waals surface area (Å²) in [5.41, 5.74) is 2.44. The number of para-hydroxylation sites is 1. The fourth-order valence-corrected chi connectivity index (χ4v) is 5.70. The number of carbonyl (C=O) groups excluding carboxylic acids is 2. The second-order valence-corrected chi connectivity index (χ2v) is 11.6. The maximum absolute atomic E-state index is 15.2. The first-order valence-electron chi connectivity index (χ1n) is 14.6. The Morgan fingerprint density at radius 2 is 1.55 bits per heavy atom. The lowest BCUT2D eigenvalue weighted by atomic mass is 10.1. The Morgan fingerprint density at radius 1 is 0.864 bits per heavy atom. The summed E-state index contributed by atoms with van der Waals surface area (Å²) in [5, 5.41) is 4.07. The molecule has 0 spiro atoms. The van der Waals surface area contributed by atoms with Crippen molar-refractivity contribution in [1.82, 2.24) is 29.6 Å². The lowest BCUT2D eigenvalue weighted by Crippen LogP contribution is -2.51. The number of likely N-dealkylation sites (N-methyl/N-ethyl adjacent to an activating group) is 2. The second-order valence-electron chi connectivity index (χ2n) is 11.2. The Balaban J connectivity index is 1.49. The monoisotopic (exact) mass is 616 g/mol. The Morgan fingerprint density at radius 3 is 2.27 bits per heavy atom. The van der Waals surface area contributed by atoms with Gasteiger partial charge in [-0.05, 0) is 50.5 Å². The van der Waals surface area contributed by atoms with Gasteiger partial charge in [0.1, 0.15) is 5.82 Å². The van der Waals surface area contributed by atoms with Crippen LogP contribution >= 0.6 is 11.6 Å². The van der Waals surface area contributed by atoms with Crippen LogP contribution in [-0.4, -0.2) is 108 Å². The minimum atomic E-state index is -0.482. The molecule has 2 aromatic heterocycles. The molecule has 4 heterocycles. The molecule has 0 unspecified atom stereocenters. The van der Waals surface area contributed by atoms with Crippen LogP contribution in [-0.2, 0) is 0 Å². The molecule has 2 fully saturated rings. The molecule has 2 aromatic carbocycles. The van der Waals surface area contributed by atoms with Crippen LogP contribution in [0.3, 0.4) is 0 Å². The van der Waals surface area contributed by atoms with Gasteiger partial charge in [0, 0.05) is 74.5 Å². The van der Waals surface area contributed by atoms with E-state index in [0.29, 0.717) is 64.9 Å². The molecular weight excluding hydrogens is 583 g/mol. The van der Waals surface area contributed by atoms with Crippen molar-refractivity contribution in [3.8, 4) is 11.3 Å². The third kappa shape index (κ3) is 6.17. The number of amides is 4. The number of hydrogen-bond donors (Lipinski definition) is 1. The predicted octanol–water partition coefficient (Wildman–Crippen LogP) is 5.37. The zero-order valence-electron chi connectivity index (χ0n) is 24.7. The summed E-state index contributed by atoms with van der Waals surface area (Å²) in [6.45, 7) is 5.21. The van der Waals surface area contributed by atoms with E-state index < -0.39 is 5.82 Å².